The Kier molecular flexibility index (Phi) is 5.89. The summed E-state index contributed by atoms with van der Waals surface area (Å²) in [4.78, 5) is 26.5. The zero-order chi connectivity index (χ0) is 22.7. The molecule has 4 rings (SSSR count). The van der Waals surface area contributed by atoms with E-state index >= 15 is 0 Å². The summed E-state index contributed by atoms with van der Waals surface area (Å²) in [5.74, 6) is -1.77. The van der Waals surface area contributed by atoms with Gasteiger partial charge in [-0.2, -0.15) is 0 Å². The molecule has 4 aromatic rings. The second-order valence-corrected chi connectivity index (χ2v) is 7.45. The summed E-state index contributed by atoms with van der Waals surface area (Å²) in [6.07, 6.45) is 0. The van der Waals surface area contributed by atoms with E-state index in [4.69, 9.17) is 0 Å². The van der Waals surface area contributed by atoms with E-state index in [2.05, 4.69) is 10.2 Å². The maximum atomic E-state index is 13.5. The van der Waals surface area contributed by atoms with Crippen LogP contribution >= 0.6 is 0 Å². The second-order valence-electron chi connectivity index (χ2n) is 7.45. The maximum Gasteiger partial charge on any atom is 0.335 e. The molecule has 0 aliphatic heterocycles. The third kappa shape index (κ3) is 4.46. The first-order valence-corrected chi connectivity index (χ1v) is 10.0. The molecule has 32 heavy (non-hydrogen) atoms. The fourth-order valence-corrected chi connectivity index (χ4v) is 3.54. The van der Waals surface area contributed by atoms with Gasteiger partial charge in [0.1, 0.15) is 5.82 Å². The maximum absolute atomic E-state index is 13.5. The van der Waals surface area contributed by atoms with E-state index in [1.54, 1.807) is 35.2 Å². The lowest BCUT2D eigenvalue weighted by molar-refractivity contribution is 0.0667. The molecule has 6 nitrogen and oxygen atoms in total. The average molecular weight is 429 g/mol. The molecule has 160 valence electrons. The minimum absolute atomic E-state index is 0.134. The zero-order valence-electron chi connectivity index (χ0n) is 17.3. The summed E-state index contributed by atoms with van der Waals surface area (Å²) < 4.78 is 13.4. The summed E-state index contributed by atoms with van der Waals surface area (Å²) in [6.45, 7) is 1.98. The molecule has 3 aromatic carbocycles. The number of aromatic carboxylic acids is 1. The molecule has 0 bridgehead atoms. The largest absolute Gasteiger partial charge is 0.478 e. The summed E-state index contributed by atoms with van der Waals surface area (Å²) in [7, 11) is 0. The Bertz CT molecular complexity index is 1290. The minimum atomic E-state index is -1.04. The number of benzene rings is 3. The zero-order valence-corrected chi connectivity index (χ0v) is 17.3. The number of carboxylic acids is 1. The van der Waals surface area contributed by atoms with Gasteiger partial charge in [0.15, 0.2) is 5.69 Å². The van der Waals surface area contributed by atoms with Crippen molar-refractivity contribution in [3.8, 4) is 0 Å². The van der Waals surface area contributed by atoms with E-state index in [1.165, 1.54) is 24.3 Å². The fraction of sp³-hybridized carbons (Fsp3) is 0.120. The standard InChI is InChI=1S/C25H20FN3O3/c1-16(18-9-11-21(26)12-10-18)29(15-17-5-4-7-20(13-17)25(31)32)24(30)23-14-19-6-2-3-8-22(19)27-28-23/h2-14,16H,15H2,1H3,(H,31,32)/t16-/m1/s1. The van der Waals surface area contributed by atoms with Crippen LogP contribution in [0.15, 0.2) is 78.9 Å². The van der Waals surface area contributed by atoms with E-state index in [0.717, 1.165) is 10.9 Å². The first kappa shape index (κ1) is 21.1. The molecule has 1 aromatic heterocycles. The van der Waals surface area contributed by atoms with Crippen LogP contribution in [0.1, 0.15) is 44.9 Å². The van der Waals surface area contributed by atoms with Crippen LogP contribution in [0, 0.1) is 5.82 Å². The highest BCUT2D eigenvalue weighted by Gasteiger charge is 2.25. The van der Waals surface area contributed by atoms with Crippen LogP contribution in [-0.4, -0.2) is 32.1 Å². The quantitative estimate of drug-likeness (QED) is 0.473. The predicted molar refractivity (Wildman–Crippen MR) is 118 cm³/mol. The molecule has 0 saturated carbocycles. The van der Waals surface area contributed by atoms with Crippen molar-refractivity contribution in [2.75, 3.05) is 0 Å². The normalized spacial score (nSPS) is 11.8. The number of carbonyl (C=O) groups is 2. The van der Waals surface area contributed by atoms with Gasteiger partial charge in [-0.15, -0.1) is 10.2 Å². The molecule has 0 saturated heterocycles. The molecule has 1 heterocycles. The third-order valence-corrected chi connectivity index (χ3v) is 5.32. The topological polar surface area (TPSA) is 83.4 Å². The molecule has 0 aliphatic carbocycles. The van der Waals surface area contributed by atoms with E-state index in [0.29, 0.717) is 11.1 Å². The minimum Gasteiger partial charge on any atom is -0.478 e. The van der Waals surface area contributed by atoms with Gasteiger partial charge in [0.2, 0.25) is 0 Å². The SMILES string of the molecule is C[C@H](c1ccc(F)cc1)N(Cc1cccc(C(=O)O)c1)C(=O)c1cc2ccccc2nn1. The van der Waals surface area contributed by atoms with Crippen LogP contribution in [0.25, 0.3) is 10.9 Å². The van der Waals surface area contributed by atoms with Crippen LogP contribution in [0.3, 0.4) is 0 Å². The Morgan fingerprint density at radius 3 is 2.47 bits per heavy atom. The molecule has 0 radical (unpaired) electrons. The number of carbonyl (C=O) groups excluding carboxylic acids is 1. The van der Waals surface area contributed by atoms with Crippen molar-refractivity contribution < 1.29 is 19.1 Å². The van der Waals surface area contributed by atoms with E-state index in [9.17, 15) is 19.1 Å². The number of carboxylic acid groups (broad SMARTS) is 1. The highest BCUT2D eigenvalue weighted by molar-refractivity contribution is 5.95. The second kappa shape index (κ2) is 8.93. The Balaban J connectivity index is 1.73. The molecule has 7 heteroatoms. The van der Waals surface area contributed by atoms with Gasteiger partial charge < -0.3 is 10.0 Å². The molecule has 1 N–H and O–H groups in total. The van der Waals surface area contributed by atoms with Crippen molar-refractivity contribution in [3.05, 3.63) is 107 Å². The molecular formula is C25H20FN3O3. The first-order chi connectivity index (χ1) is 15.4. The van der Waals surface area contributed by atoms with Gasteiger partial charge >= 0.3 is 5.97 Å². The van der Waals surface area contributed by atoms with Gasteiger partial charge in [0.25, 0.3) is 5.91 Å². The van der Waals surface area contributed by atoms with E-state index in [1.807, 2.05) is 31.2 Å². The van der Waals surface area contributed by atoms with Crippen molar-refractivity contribution in [1.82, 2.24) is 15.1 Å². The molecule has 1 atom stereocenters. The fourth-order valence-electron chi connectivity index (χ4n) is 3.54. The summed E-state index contributed by atoms with van der Waals surface area (Å²) in [5.41, 5.74) is 2.38. The Labute approximate surface area is 184 Å². The number of hydrogen-bond donors (Lipinski definition) is 1. The highest BCUT2D eigenvalue weighted by Crippen LogP contribution is 2.25. The molecule has 0 aliphatic rings. The summed E-state index contributed by atoms with van der Waals surface area (Å²) in [6, 6.07) is 21.0. The number of fused-ring (bicyclic) bond motifs is 1. The smallest absolute Gasteiger partial charge is 0.335 e. The predicted octanol–water partition coefficient (Wildman–Crippen LogP) is 4.87. The van der Waals surface area contributed by atoms with E-state index < -0.39 is 12.0 Å². The van der Waals surface area contributed by atoms with Crippen LogP contribution in [0.2, 0.25) is 0 Å². The molecule has 0 unspecified atom stereocenters. The van der Waals surface area contributed by atoms with Crippen molar-refractivity contribution in [1.29, 1.82) is 0 Å². The number of nitrogens with zero attached hydrogens (tertiary/aromatic N) is 3. The van der Waals surface area contributed by atoms with Gasteiger partial charge in [-0.25, -0.2) is 9.18 Å². The van der Waals surface area contributed by atoms with Crippen molar-refractivity contribution >= 4 is 22.8 Å². The van der Waals surface area contributed by atoms with Gasteiger partial charge in [0, 0.05) is 11.9 Å². The lowest BCUT2D eigenvalue weighted by Crippen LogP contribution is -2.34. The number of amides is 1. The van der Waals surface area contributed by atoms with Gasteiger partial charge in [0.05, 0.1) is 17.1 Å². The molecule has 0 spiro atoms. The van der Waals surface area contributed by atoms with Gasteiger partial charge in [-0.1, -0.05) is 42.5 Å². The monoisotopic (exact) mass is 429 g/mol. The number of rotatable bonds is 6. The van der Waals surface area contributed by atoms with Crippen molar-refractivity contribution in [2.24, 2.45) is 0 Å². The van der Waals surface area contributed by atoms with Crippen molar-refractivity contribution in [3.63, 3.8) is 0 Å². The van der Waals surface area contributed by atoms with Crippen LogP contribution in [-0.2, 0) is 6.54 Å². The van der Waals surface area contributed by atoms with Crippen LogP contribution < -0.4 is 0 Å². The number of aromatic nitrogens is 2. The lowest BCUT2D eigenvalue weighted by Gasteiger charge is -2.29. The van der Waals surface area contributed by atoms with Gasteiger partial charge in [-0.05, 0) is 54.4 Å². The molecular weight excluding hydrogens is 409 g/mol. The van der Waals surface area contributed by atoms with Crippen molar-refractivity contribution in [2.45, 2.75) is 19.5 Å². The number of hydrogen-bond acceptors (Lipinski definition) is 4. The molecule has 0 fully saturated rings. The average Bonchev–Trinajstić information content (AvgIpc) is 2.82. The molecule has 1 amide bonds. The van der Waals surface area contributed by atoms with E-state index in [-0.39, 0.29) is 29.5 Å². The van der Waals surface area contributed by atoms with Gasteiger partial charge in [-0.3, -0.25) is 4.79 Å². The Morgan fingerprint density at radius 1 is 0.969 bits per heavy atom. The van der Waals surface area contributed by atoms with Crippen LogP contribution in [0.4, 0.5) is 4.39 Å². The highest BCUT2D eigenvalue weighted by atomic mass is 19.1. The lowest BCUT2D eigenvalue weighted by atomic mass is 10.0. The summed E-state index contributed by atoms with van der Waals surface area (Å²) in [5, 5.41) is 18.4. The Hall–Kier alpha value is -4.13. The third-order valence-electron chi connectivity index (χ3n) is 5.32. The Morgan fingerprint density at radius 2 is 1.72 bits per heavy atom. The number of halogens is 1. The first-order valence-electron chi connectivity index (χ1n) is 10.0. The summed E-state index contributed by atoms with van der Waals surface area (Å²) >= 11 is 0. The van der Waals surface area contributed by atoms with Crippen LogP contribution in [0.5, 0.6) is 0 Å².